The van der Waals surface area contributed by atoms with Crippen molar-refractivity contribution >= 4 is 5.84 Å². The fourth-order valence-corrected chi connectivity index (χ4v) is 1.52. The highest BCUT2D eigenvalue weighted by molar-refractivity contribution is 5.83. The number of nitrogens with zero attached hydrogens (tertiary/aromatic N) is 1. The van der Waals surface area contributed by atoms with Crippen LogP contribution in [-0.2, 0) is 11.3 Å². The van der Waals surface area contributed by atoms with Crippen LogP contribution in [0.3, 0.4) is 0 Å². The minimum Gasteiger partial charge on any atom is -0.394 e. The first kappa shape index (κ1) is 14.6. The van der Waals surface area contributed by atoms with Crippen LogP contribution in [0, 0.1) is 5.92 Å². The van der Waals surface area contributed by atoms with E-state index in [1.54, 1.807) is 0 Å². The van der Waals surface area contributed by atoms with Gasteiger partial charge in [0.25, 0.3) is 0 Å². The molecule has 0 saturated heterocycles. The van der Waals surface area contributed by atoms with Crippen LogP contribution in [0.2, 0.25) is 0 Å². The Hall–Kier alpha value is -1.43. The van der Waals surface area contributed by atoms with E-state index in [-0.39, 0.29) is 12.5 Å². The van der Waals surface area contributed by atoms with Crippen molar-refractivity contribution in [2.45, 2.75) is 13.5 Å². The lowest BCUT2D eigenvalue weighted by Gasteiger charge is -2.14. The normalized spacial score (nSPS) is 13.4. The Morgan fingerprint density at radius 3 is 2.78 bits per heavy atom. The molecule has 0 aliphatic rings. The summed E-state index contributed by atoms with van der Waals surface area (Å²) in [5.41, 5.74) is 3.68. The van der Waals surface area contributed by atoms with Gasteiger partial charge in [0.1, 0.15) is 5.84 Å². The van der Waals surface area contributed by atoms with Gasteiger partial charge in [-0.25, -0.2) is 5.84 Å². The van der Waals surface area contributed by atoms with Gasteiger partial charge in [0.05, 0.1) is 26.4 Å². The molecule has 5 nitrogen and oxygen atoms in total. The quantitative estimate of drug-likeness (QED) is 0.288. The van der Waals surface area contributed by atoms with E-state index < -0.39 is 0 Å². The van der Waals surface area contributed by atoms with E-state index in [0.717, 1.165) is 5.56 Å². The van der Waals surface area contributed by atoms with Crippen molar-refractivity contribution in [3.05, 3.63) is 35.9 Å². The number of nitrogens with one attached hydrogen (secondary N) is 1. The van der Waals surface area contributed by atoms with Gasteiger partial charge >= 0.3 is 0 Å². The third kappa shape index (κ3) is 5.27. The molecule has 0 aromatic heterocycles. The number of amidine groups is 1. The minimum absolute atomic E-state index is 0.0166. The molecule has 0 radical (unpaired) electrons. The lowest BCUT2D eigenvalue weighted by molar-refractivity contribution is 0.107. The second-order valence-electron chi connectivity index (χ2n) is 4.04. The Bertz CT molecular complexity index is 355. The van der Waals surface area contributed by atoms with Crippen molar-refractivity contribution in [1.82, 2.24) is 5.43 Å². The highest BCUT2D eigenvalue weighted by Crippen LogP contribution is 2.04. The average Bonchev–Trinajstić information content (AvgIpc) is 2.41. The van der Waals surface area contributed by atoms with Gasteiger partial charge in [0.15, 0.2) is 0 Å². The van der Waals surface area contributed by atoms with Crippen molar-refractivity contribution in [3.8, 4) is 0 Å². The maximum Gasteiger partial charge on any atom is 0.116 e. The van der Waals surface area contributed by atoms with Crippen LogP contribution in [0.1, 0.15) is 12.5 Å². The maximum atomic E-state index is 8.71. The molecule has 0 unspecified atom stereocenters. The Morgan fingerprint density at radius 1 is 1.44 bits per heavy atom. The SMILES string of the molecule is C[C@H](COCc1ccccc1)C(=NCCO)NN. The van der Waals surface area contributed by atoms with E-state index >= 15 is 0 Å². The van der Waals surface area contributed by atoms with E-state index in [0.29, 0.717) is 25.6 Å². The van der Waals surface area contributed by atoms with Crippen LogP contribution in [0.5, 0.6) is 0 Å². The molecule has 1 atom stereocenters. The van der Waals surface area contributed by atoms with Crippen molar-refractivity contribution in [3.63, 3.8) is 0 Å². The van der Waals surface area contributed by atoms with Crippen LogP contribution in [0.25, 0.3) is 0 Å². The van der Waals surface area contributed by atoms with Gasteiger partial charge in [-0.3, -0.25) is 4.99 Å². The Balaban J connectivity index is 2.33. The summed E-state index contributed by atoms with van der Waals surface area (Å²) in [4.78, 5) is 4.14. The fourth-order valence-electron chi connectivity index (χ4n) is 1.52. The van der Waals surface area contributed by atoms with Crippen LogP contribution in [-0.4, -0.2) is 30.7 Å². The molecular formula is C13H21N3O2. The summed E-state index contributed by atoms with van der Waals surface area (Å²) in [6.07, 6.45) is 0. The summed E-state index contributed by atoms with van der Waals surface area (Å²) in [6.45, 7) is 3.44. The van der Waals surface area contributed by atoms with E-state index in [4.69, 9.17) is 15.7 Å². The first-order valence-electron chi connectivity index (χ1n) is 6.01. The number of hydrogen-bond acceptors (Lipinski definition) is 4. The van der Waals surface area contributed by atoms with Gasteiger partial charge in [0, 0.05) is 5.92 Å². The fraction of sp³-hybridized carbons (Fsp3) is 0.462. The lowest BCUT2D eigenvalue weighted by Crippen LogP contribution is -2.37. The van der Waals surface area contributed by atoms with Gasteiger partial charge in [-0.15, -0.1) is 0 Å². The molecule has 0 spiro atoms. The number of aliphatic hydroxyl groups excluding tert-OH is 1. The largest absolute Gasteiger partial charge is 0.394 e. The molecule has 1 aromatic carbocycles. The zero-order chi connectivity index (χ0) is 13.2. The highest BCUT2D eigenvalue weighted by atomic mass is 16.5. The van der Waals surface area contributed by atoms with Crippen molar-refractivity contribution in [2.24, 2.45) is 16.8 Å². The van der Waals surface area contributed by atoms with Crippen molar-refractivity contribution in [1.29, 1.82) is 0 Å². The van der Waals surface area contributed by atoms with E-state index in [1.807, 2.05) is 37.3 Å². The maximum absolute atomic E-state index is 8.71. The molecule has 0 heterocycles. The van der Waals surface area contributed by atoms with Gasteiger partial charge in [-0.05, 0) is 5.56 Å². The van der Waals surface area contributed by atoms with Crippen molar-refractivity contribution in [2.75, 3.05) is 19.8 Å². The number of aliphatic hydroxyl groups is 1. The Morgan fingerprint density at radius 2 is 2.17 bits per heavy atom. The summed E-state index contributed by atoms with van der Waals surface area (Å²) < 4.78 is 5.61. The predicted molar refractivity (Wildman–Crippen MR) is 72.0 cm³/mol. The highest BCUT2D eigenvalue weighted by Gasteiger charge is 2.09. The Labute approximate surface area is 108 Å². The number of hydrazine groups is 1. The van der Waals surface area contributed by atoms with Crippen LogP contribution >= 0.6 is 0 Å². The van der Waals surface area contributed by atoms with Gasteiger partial charge in [-0.1, -0.05) is 37.3 Å². The predicted octanol–water partition coefficient (Wildman–Crippen LogP) is 0.693. The van der Waals surface area contributed by atoms with Gasteiger partial charge in [0.2, 0.25) is 0 Å². The first-order chi connectivity index (χ1) is 8.77. The molecule has 0 amide bonds. The van der Waals surface area contributed by atoms with Crippen LogP contribution < -0.4 is 11.3 Å². The summed E-state index contributed by atoms with van der Waals surface area (Å²) in [7, 11) is 0. The smallest absolute Gasteiger partial charge is 0.116 e. The molecule has 0 fully saturated rings. The molecule has 0 saturated carbocycles. The molecular weight excluding hydrogens is 230 g/mol. The molecule has 1 rings (SSSR count). The number of nitrogens with two attached hydrogens (primary N) is 1. The van der Waals surface area contributed by atoms with E-state index in [9.17, 15) is 0 Å². The van der Waals surface area contributed by atoms with E-state index in [1.165, 1.54) is 0 Å². The number of rotatable bonds is 7. The molecule has 0 bridgehead atoms. The molecule has 1 aromatic rings. The second-order valence-corrected chi connectivity index (χ2v) is 4.04. The molecule has 4 N–H and O–H groups in total. The number of hydrogen-bond donors (Lipinski definition) is 3. The molecule has 5 heteroatoms. The monoisotopic (exact) mass is 251 g/mol. The van der Waals surface area contributed by atoms with Crippen LogP contribution in [0.15, 0.2) is 35.3 Å². The summed E-state index contributed by atoms with van der Waals surface area (Å²) >= 11 is 0. The number of benzene rings is 1. The second kappa shape index (κ2) is 8.63. The number of ether oxygens (including phenoxy) is 1. The number of aliphatic imine (C=N–C) groups is 1. The molecule has 100 valence electrons. The summed E-state index contributed by atoms with van der Waals surface area (Å²) in [5, 5.41) is 8.71. The van der Waals surface area contributed by atoms with Gasteiger partial charge in [-0.2, -0.15) is 0 Å². The Kier molecular flexibility index (Phi) is 7.01. The zero-order valence-corrected chi connectivity index (χ0v) is 10.7. The minimum atomic E-state index is 0.0166. The molecule has 0 aliphatic heterocycles. The zero-order valence-electron chi connectivity index (χ0n) is 10.7. The summed E-state index contributed by atoms with van der Waals surface area (Å²) in [6, 6.07) is 9.98. The molecule has 0 aliphatic carbocycles. The van der Waals surface area contributed by atoms with E-state index in [2.05, 4.69) is 10.4 Å². The summed E-state index contributed by atoms with van der Waals surface area (Å²) in [5.74, 6) is 6.10. The lowest BCUT2D eigenvalue weighted by atomic mass is 10.2. The topological polar surface area (TPSA) is 79.9 Å². The molecule has 18 heavy (non-hydrogen) atoms. The third-order valence-electron chi connectivity index (χ3n) is 2.48. The third-order valence-corrected chi connectivity index (χ3v) is 2.48. The van der Waals surface area contributed by atoms with Crippen molar-refractivity contribution < 1.29 is 9.84 Å². The van der Waals surface area contributed by atoms with Gasteiger partial charge < -0.3 is 15.3 Å². The average molecular weight is 251 g/mol. The first-order valence-corrected chi connectivity index (χ1v) is 6.01. The standard InChI is InChI=1S/C13H21N3O2/c1-11(13(16-14)15-7-8-17)9-18-10-12-5-3-2-4-6-12/h2-6,11,17H,7-10,14H2,1H3,(H,15,16)/t11-/m1/s1. The van der Waals surface area contributed by atoms with Crippen LogP contribution in [0.4, 0.5) is 0 Å².